The molecule has 0 spiro atoms. The zero-order valence-corrected chi connectivity index (χ0v) is 10.9. The van der Waals surface area contributed by atoms with Crippen molar-refractivity contribution in [1.29, 1.82) is 0 Å². The summed E-state index contributed by atoms with van der Waals surface area (Å²) in [5.41, 5.74) is 6.98. The van der Waals surface area contributed by atoms with Gasteiger partial charge in [-0.3, -0.25) is 0 Å². The predicted octanol–water partition coefficient (Wildman–Crippen LogP) is 3.33. The molecule has 1 unspecified atom stereocenters. The number of ether oxygens (including phenoxy) is 1. The number of benzene rings is 1. The van der Waals surface area contributed by atoms with E-state index < -0.39 is 0 Å². The number of nitrogens with two attached hydrogens (primary N) is 1. The first-order chi connectivity index (χ1) is 7.42. The van der Waals surface area contributed by atoms with Gasteiger partial charge < -0.3 is 10.5 Å². The third-order valence-electron chi connectivity index (χ3n) is 2.58. The van der Waals surface area contributed by atoms with Gasteiger partial charge in [0.1, 0.15) is 0 Å². The average Bonchev–Trinajstić information content (AvgIpc) is 2.17. The molecule has 1 rings (SSSR count). The summed E-state index contributed by atoms with van der Waals surface area (Å²) in [5, 5.41) is 0.734. The molecule has 2 N–H and O–H groups in total. The summed E-state index contributed by atoms with van der Waals surface area (Å²) < 4.78 is 5.52. The predicted molar refractivity (Wildman–Crippen MR) is 68.7 cm³/mol. The maximum atomic E-state index is 6.25. The van der Waals surface area contributed by atoms with Crippen molar-refractivity contribution in [2.24, 2.45) is 5.73 Å². The van der Waals surface area contributed by atoms with Crippen LogP contribution in [-0.2, 0) is 10.3 Å². The quantitative estimate of drug-likeness (QED) is 0.858. The van der Waals surface area contributed by atoms with Gasteiger partial charge in [0.25, 0.3) is 0 Å². The highest BCUT2D eigenvalue weighted by atomic mass is 35.5. The van der Waals surface area contributed by atoms with E-state index in [1.165, 1.54) is 0 Å². The molecule has 0 heterocycles. The summed E-state index contributed by atoms with van der Waals surface area (Å²) in [5.74, 6) is 0. The Morgan fingerprint density at radius 3 is 2.38 bits per heavy atom. The maximum Gasteiger partial charge on any atom is 0.0518 e. The van der Waals surface area contributed by atoms with E-state index in [2.05, 4.69) is 0 Å². The first kappa shape index (κ1) is 13.5. The van der Waals surface area contributed by atoms with Gasteiger partial charge in [-0.25, -0.2) is 0 Å². The minimum absolute atomic E-state index is 0.251. The van der Waals surface area contributed by atoms with Crippen molar-refractivity contribution < 1.29 is 4.74 Å². The van der Waals surface area contributed by atoms with Gasteiger partial charge in [-0.15, -0.1) is 0 Å². The molecule has 0 aliphatic carbocycles. The van der Waals surface area contributed by atoms with Crippen LogP contribution in [0.15, 0.2) is 24.3 Å². The largest absolute Gasteiger partial charge is 0.379 e. The number of hydrogen-bond acceptors (Lipinski definition) is 2. The molecule has 16 heavy (non-hydrogen) atoms. The lowest BCUT2D eigenvalue weighted by atomic mass is 9.90. The second-order valence-corrected chi connectivity index (χ2v) is 5.03. The van der Waals surface area contributed by atoms with Crippen LogP contribution in [-0.4, -0.2) is 12.7 Å². The normalized spacial score (nSPS) is 15.1. The van der Waals surface area contributed by atoms with E-state index in [4.69, 9.17) is 22.1 Å². The van der Waals surface area contributed by atoms with Crippen LogP contribution in [0.5, 0.6) is 0 Å². The van der Waals surface area contributed by atoms with Gasteiger partial charge in [0.2, 0.25) is 0 Å². The van der Waals surface area contributed by atoms with Gasteiger partial charge in [0.15, 0.2) is 0 Å². The summed E-state index contributed by atoms with van der Waals surface area (Å²) >= 11 is 5.84. The SMILES string of the molecule is CC(C)OCCC(C)(N)c1ccc(Cl)cc1. The van der Waals surface area contributed by atoms with E-state index in [0.717, 1.165) is 17.0 Å². The molecule has 0 aliphatic rings. The zero-order valence-electron chi connectivity index (χ0n) is 10.2. The van der Waals surface area contributed by atoms with Crippen LogP contribution in [0.4, 0.5) is 0 Å². The Bertz CT molecular complexity index is 319. The minimum atomic E-state index is -0.362. The first-order valence-corrected chi connectivity index (χ1v) is 5.96. The fourth-order valence-corrected chi connectivity index (χ4v) is 1.61. The van der Waals surface area contributed by atoms with Gasteiger partial charge >= 0.3 is 0 Å². The second-order valence-electron chi connectivity index (χ2n) is 4.59. The summed E-state index contributed by atoms with van der Waals surface area (Å²) in [6.45, 7) is 6.74. The molecule has 3 heteroatoms. The van der Waals surface area contributed by atoms with Gasteiger partial charge in [0, 0.05) is 17.2 Å². The molecule has 0 fully saturated rings. The average molecular weight is 242 g/mol. The van der Waals surface area contributed by atoms with Crippen LogP contribution in [0.1, 0.15) is 32.8 Å². The van der Waals surface area contributed by atoms with E-state index >= 15 is 0 Å². The van der Waals surface area contributed by atoms with Gasteiger partial charge in [-0.05, 0) is 44.9 Å². The molecule has 0 aromatic heterocycles. The summed E-state index contributed by atoms with van der Waals surface area (Å²) in [7, 11) is 0. The Morgan fingerprint density at radius 2 is 1.88 bits per heavy atom. The highest BCUT2D eigenvalue weighted by Gasteiger charge is 2.20. The molecular formula is C13H20ClNO. The molecular weight excluding hydrogens is 222 g/mol. The van der Waals surface area contributed by atoms with Crippen molar-refractivity contribution in [3.8, 4) is 0 Å². The molecule has 90 valence electrons. The third-order valence-corrected chi connectivity index (χ3v) is 2.83. The molecule has 0 saturated heterocycles. The first-order valence-electron chi connectivity index (χ1n) is 5.58. The van der Waals surface area contributed by atoms with Gasteiger partial charge in [-0.1, -0.05) is 23.7 Å². The molecule has 0 radical (unpaired) electrons. The van der Waals surface area contributed by atoms with Crippen LogP contribution in [0, 0.1) is 0 Å². The number of rotatable bonds is 5. The minimum Gasteiger partial charge on any atom is -0.379 e. The lowest BCUT2D eigenvalue weighted by molar-refractivity contribution is 0.0660. The fourth-order valence-electron chi connectivity index (χ4n) is 1.48. The molecule has 0 saturated carbocycles. The topological polar surface area (TPSA) is 35.2 Å². The van der Waals surface area contributed by atoms with Gasteiger partial charge in [-0.2, -0.15) is 0 Å². The maximum absolute atomic E-state index is 6.25. The number of hydrogen-bond donors (Lipinski definition) is 1. The standard InChI is InChI=1S/C13H20ClNO/c1-10(2)16-9-8-13(3,15)11-4-6-12(14)7-5-11/h4-7,10H,8-9,15H2,1-3H3. The van der Waals surface area contributed by atoms with E-state index in [9.17, 15) is 0 Å². The molecule has 0 bridgehead atoms. The Hall–Kier alpha value is -0.570. The van der Waals surface area contributed by atoms with Crippen molar-refractivity contribution in [2.75, 3.05) is 6.61 Å². The van der Waals surface area contributed by atoms with E-state index in [1.807, 2.05) is 45.0 Å². The Labute approximate surface area is 103 Å². The van der Waals surface area contributed by atoms with E-state index in [1.54, 1.807) is 0 Å². The zero-order chi connectivity index (χ0) is 12.2. The van der Waals surface area contributed by atoms with Crippen LogP contribution < -0.4 is 5.73 Å². The highest BCUT2D eigenvalue weighted by Crippen LogP contribution is 2.23. The molecule has 0 aliphatic heterocycles. The Balaban J connectivity index is 2.59. The molecule has 2 nitrogen and oxygen atoms in total. The lowest BCUT2D eigenvalue weighted by Crippen LogP contribution is -2.34. The lowest BCUT2D eigenvalue weighted by Gasteiger charge is -2.25. The van der Waals surface area contributed by atoms with E-state index in [-0.39, 0.29) is 11.6 Å². The third kappa shape index (κ3) is 4.12. The second kappa shape index (κ2) is 5.67. The number of halogens is 1. The molecule has 1 atom stereocenters. The van der Waals surface area contributed by atoms with Crippen molar-refractivity contribution >= 4 is 11.6 Å². The molecule has 0 amide bonds. The monoisotopic (exact) mass is 241 g/mol. The Morgan fingerprint density at radius 1 is 1.31 bits per heavy atom. The van der Waals surface area contributed by atoms with Crippen molar-refractivity contribution in [2.45, 2.75) is 38.8 Å². The smallest absolute Gasteiger partial charge is 0.0518 e. The highest BCUT2D eigenvalue weighted by molar-refractivity contribution is 6.30. The Kier molecular flexibility index (Phi) is 4.78. The molecule has 1 aromatic rings. The van der Waals surface area contributed by atoms with Crippen molar-refractivity contribution in [3.63, 3.8) is 0 Å². The summed E-state index contributed by atoms with van der Waals surface area (Å²) in [6.07, 6.45) is 1.05. The van der Waals surface area contributed by atoms with Gasteiger partial charge in [0.05, 0.1) is 6.10 Å². The van der Waals surface area contributed by atoms with Crippen LogP contribution in [0.3, 0.4) is 0 Å². The summed E-state index contributed by atoms with van der Waals surface area (Å²) in [6, 6.07) is 7.67. The van der Waals surface area contributed by atoms with Crippen molar-refractivity contribution in [1.82, 2.24) is 0 Å². The molecule has 1 aromatic carbocycles. The van der Waals surface area contributed by atoms with Crippen LogP contribution >= 0.6 is 11.6 Å². The van der Waals surface area contributed by atoms with Crippen LogP contribution in [0.2, 0.25) is 5.02 Å². The van der Waals surface area contributed by atoms with E-state index in [0.29, 0.717) is 6.61 Å². The van der Waals surface area contributed by atoms with Crippen LogP contribution in [0.25, 0.3) is 0 Å². The summed E-state index contributed by atoms with van der Waals surface area (Å²) in [4.78, 5) is 0. The van der Waals surface area contributed by atoms with Crippen molar-refractivity contribution in [3.05, 3.63) is 34.9 Å². The fraction of sp³-hybridized carbons (Fsp3) is 0.538.